The summed E-state index contributed by atoms with van der Waals surface area (Å²) in [5, 5.41) is 1.76. The fourth-order valence-electron chi connectivity index (χ4n) is 1.58. The second-order valence-corrected chi connectivity index (χ2v) is 4.93. The number of thioether (sulfide) groups is 1. The van der Waals surface area contributed by atoms with Gasteiger partial charge >= 0.3 is 5.97 Å². The summed E-state index contributed by atoms with van der Waals surface area (Å²) < 4.78 is 18.5. The molecule has 0 aliphatic rings. The number of para-hydroxylation sites is 1. The zero-order chi connectivity index (χ0) is 14.4. The highest BCUT2D eigenvalue weighted by Gasteiger charge is 2.04. The second-order valence-electron chi connectivity index (χ2n) is 3.98. The lowest BCUT2D eigenvalue weighted by Crippen LogP contribution is -2.01. The predicted octanol–water partition coefficient (Wildman–Crippen LogP) is 4.51. The van der Waals surface area contributed by atoms with E-state index >= 15 is 0 Å². The maximum atomic E-state index is 13.4. The lowest BCUT2D eigenvalue weighted by atomic mass is 10.2. The fraction of sp³-hybridized carbons (Fsp3) is 0.0625. The zero-order valence-electron chi connectivity index (χ0n) is 10.9. The van der Waals surface area contributed by atoms with Crippen LogP contribution in [-0.4, -0.2) is 5.97 Å². The van der Waals surface area contributed by atoms with Crippen LogP contribution in [0.5, 0.6) is 5.75 Å². The molecule has 0 atom stereocenters. The van der Waals surface area contributed by atoms with E-state index in [0.717, 1.165) is 4.90 Å². The highest BCUT2D eigenvalue weighted by Crippen LogP contribution is 2.30. The molecule has 2 rings (SSSR count). The number of carbonyl (C=O) groups is 1. The van der Waals surface area contributed by atoms with E-state index in [-0.39, 0.29) is 11.8 Å². The van der Waals surface area contributed by atoms with E-state index in [0.29, 0.717) is 11.3 Å². The number of hydrogen-bond acceptors (Lipinski definition) is 3. The molecule has 0 aliphatic heterocycles. The van der Waals surface area contributed by atoms with Crippen molar-refractivity contribution in [2.24, 2.45) is 0 Å². The van der Waals surface area contributed by atoms with Gasteiger partial charge in [0.25, 0.3) is 0 Å². The predicted molar refractivity (Wildman–Crippen MR) is 79.0 cm³/mol. The molecule has 0 N–H and O–H groups in total. The Labute approximate surface area is 121 Å². The molecule has 2 aromatic rings. The van der Waals surface area contributed by atoms with Crippen LogP contribution >= 0.6 is 11.8 Å². The van der Waals surface area contributed by atoms with Gasteiger partial charge in [-0.05, 0) is 29.7 Å². The fourth-order valence-corrected chi connectivity index (χ4v) is 2.32. The van der Waals surface area contributed by atoms with Crippen LogP contribution in [0.15, 0.2) is 58.8 Å². The zero-order valence-corrected chi connectivity index (χ0v) is 11.7. The number of hydrogen-bond donors (Lipinski definition) is 0. The van der Waals surface area contributed by atoms with E-state index < -0.39 is 0 Å². The van der Waals surface area contributed by atoms with Crippen molar-refractivity contribution >= 4 is 23.8 Å². The van der Waals surface area contributed by atoms with Crippen molar-refractivity contribution < 1.29 is 13.9 Å². The third kappa shape index (κ3) is 3.96. The first-order valence-corrected chi connectivity index (χ1v) is 6.90. The van der Waals surface area contributed by atoms with Gasteiger partial charge in [0.05, 0.1) is 4.90 Å². The van der Waals surface area contributed by atoms with Gasteiger partial charge in [0, 0.05) is 12.5 Å². The summed E-state index contributed by atoms with van der Waals surface area (Å²) in [6.07, 6.45) is 1.69. The minimum absolute atomic E-state index is 0.266. The molecule has 0 saturated heterocycles. The van der Waals surface area contributed by atoms with E-state index in [1.165, 1.54) is 24.8 Å². The van der Waals surface area contributed by atoms with Crippen LogP contribution in [0.4, 0.5) is 4.39 Å². The SMILES string of the molecule is CC(=O)Oc1ccccc1S/C=C\c1ccccc1F. The summed E-state index contributed by atoms with van der Waals surface area (Å²) in [5.41, 5.74) is 0.518. The molecule has 0 spiro atoms. The molecule has 0 radical (unpaired) electrons. The molecular formula is C16H13FO2S. The monoisotopic (exact) mass is 288 g/mol. The smallest absolute Gasteiger partial charge is 0.308 e. The Morgan fingerprint density at radius 3 is 2.60 bits per heavy atom. The van der Waals surface area contributed by atoms with Crippen molar-refractivity contribution in [1.82, 2.24) is 0 Å². The van der Waals surface area contributed by atoms with E-state index in [4.69, 9.17) is 4.74 Å². The molecule has 0 bridgehead atoms. The maximum absolute atomic E-state index is 13.4. The molecule has 0 heterocycles. The lowest BCUT2D eigenvalue weighted by Gasteiger charge is -2.05. The molecule has 2 nitrogen and oxygen atoms in total. The molecule has 0 fully saturated rings. The molecule has 0 aliphatic carbocycles. The first-order valence-electron chi connectivity index (χ1n) is 6.02. The summed E-state index contributed by atoms with van der Waals surface area (Å²) in [6, 6.07) is 13.8. The number of rotatable bonds is 4. The molecular weight excluding hydrogens is 275 g/mol. The Bertz CT molecular complexity index is 638. The quantitative estimate of drug-likeness (QED) is 0.470. The average Bonchev–Trinajstić information content (AvgIpc) is 2.42. The van der Waals surface area contributed by atoms with Crippen molar-refractivity contribution in [3.05, 3.63) is 65.3 Å². The topological polar surface area (TPSA) is 26.3 Å². The first-order chi connectivity index (χ1) is 9.66. The molecule has 2 aromatic carbocycles. The van der Waals surface area contributed by atoms with Crippen molar-refractivity contribution in [3.63, 3.8) is 0 Å². The summed E-state index contributed by atoms with van der Waals surface area (Å²) in [7, 11) is 0. The van der Waals surface area contributed by atoms with Crippen LogP contribution in [-0.2, 0) is 4.79 Å². The molecule has 102 valence electrons. The van der Waals surface area contributed by atoms with Crippen LogP contribution in [0, 0.1) is 5.82 Å². The standard InChI is InChI=1S/C16H13FO2S/c1-12(18)19-15-8-4-5-9-16(15)20-11-10-13-6-2-3-7-14(13)17/h2-11H,1H3/b11-10-. The van der Waals surface area contributed by atoms with Crippen molar-refractivity contribution in [1.29, 1.82) is 0 Å². The average molecular weight is 288 g/mol. The van der Waals surface area contributed by atoms with E-state index in [1.54, 1.807) is 41.8 Å². The molecule has 0 saturated carbocycles. The van der Waals surface area contributed by atoms with Gasteiger partial charge in [0.2, 0.25) is 0 Å². The molecule has 0 unspecified atom stereocenters. The maximum Gasteiger partial charge on any atom is 0.308 e. The normalized spacial score (nSPS) is 10.7. The molecule has 4 heteroatoms. The van der Waals surface area contributed by atoms with Gasteiger partial charge in [-0.15, -0.1) is 0 Å². The van der Waals surface area contributed by atoms with Crippen LogP contribution in [0.25, 0.3) is 6.08 Å². The second kappa shape index (κ2) is 6.91. The van der Waals surface area contributed by atoms with Crippen molar-refractivity contribution in [2.45, 2.75) is 11.8 Å². The van der Waals surface area contributed by atoms with Crippen LogP contribution in [0.2, 0.25) is 0 Å². The van der Waals surface area contributed by atoms with Crippen molar-refractivity contribution in [3.8, 4) is 5.75 Å². The van der Waals surface area contributed by atoms with Crippen LogP contribution < -0.4 is 4.74 Å². The van der Waals surface area contributed by atoms with Gasteiger partial charge in [0.15, 0.2) is 0 Å². The third-order valence-electron chi connectivity index (χ3n) is 2.45. The largest absolute Gasteiger partial charge is 0.426 e. The number of carbonyl (C=O) groups excluding carboxylic acids is 1. The van der Waals surface area contributed by atoms with Gasteiger partial charge in [0.1, 0.15) is 11.6 Å². The number of benzene rings is 2. The van der Waals surface area contributed by atoms with E-state index in [1.807, 2.05) is 12.1 Å². The Morgan fingerprint density at radius 2 is 1.85 bits per heavy atom. The Balaban J connectivity index is 2.11. The highest BCUT2D eigenvalue weighted by molar-refractivity contribution is 8.02. The van der Waals surface area contributed by atoms with Gasteiger partial charge in [-0.1, -0.05) is 42.1 Å². The van der Waals surface area contributed by atoms with Gasteiger partial charge < -0.3 is 4.74 Å². The van der Waals surface area contributed by atoms with Gasteiger partial charge in [-0.3, -0.25) is 4.79 Å². The van der Waals surface area contributed by atoms with Gasteiger partial charge in [-0.2, -0.15) is 0 Å². The van der Waals surface area contributed by atoms with Gasteiger partial charge in [-0.25, -0.2) is 4.39 Å². The highest BCUT2D eigenvalue weighted by atomic mass is 32.2. The minimum Gasteiger partial charge on any atom is -0.426 e. The number of esters is 1. The molecule has 20 heavy (non-hydrogen) atoms. The molecule has 0 aromatic heterocycles. The van der Waals surface area contributed by atoms with E-state index in [9.17, 15) is 9.18 Å². The Kier molecular flexibility index (Phi) is 4.96. The lowest BCUT2D eigenvalue weighted by molar-refractivity contribution is -0.132. The summed E-state index contributed by atoms with van der Waals surface area (Å²) >= 11 is 1.37. The minimum atomic E-state index is -0.365. The Hall–Kier alpha value is -2.07. The number of ether oxygens (including phenoxy) is 1. The van der Waals surface area contributed by atoms with E-state index in [2.05, 4.69) is 0 Å². The summed E-state index contributed by atoms with van der Waals surface area (Å²) in [4.78, 5) is 11.8. The first kappa shape index (κ1) is 14.3. The van der Waals surface area contributed by atoms with Crippen molar-refractivity contribution in [2.75, 3.05) is 0 Å². The Morgan fingerprint density at radius 1 is 1.15 bits per heavy atom. The summed E-state index contributed by atoms with van der Waals surface area (Å²) in [5.74, 6) is -0.128. The van der Waals surface area contributed by atoms with Crippen LogP contribution in [0.3, 0.4) is 0 Å². The molecule has 0 amide bonds. The summed E-state index contributed by atoms with van der Waals surface area (Å²) in [6.45, 7) is 1.36. The number of halogens is 1. The third-order valence-corrected chi connectivity index (χ3v) is 3.31. The van der Waals surface area contributed by atoms with Crippen LogP contribution in [0.1, 0.15) is 12.5 Å².